The van der Waals surface area contributed by atoms with Gasteiger partial charge in [0.05, 0.1) is 19.7 Å². The SMILES string of the molecule is COC(=O)C(Cc1ccc(Nc2ncnc3cc(OC)c(O)cc23)cc1)NC(C)=O. The van der Waals surface area contributed by atoms with Crippen molar-refractivity contribution < 1.29 is 24.2 Å². The molecule has 9 heteroatoms. The second kappa shape index (κ2) is 9.08. The number of esters is 1. The molecule has 1 heterocycles. The number of phenolic OH excluding ortho intramolecular Hbond substituents is 1. The van der Waals surface area contributed by atoms with E-state index < -0.39 is 12.0 Å². The van der Waals surface area contributed by atoms with Crippen molar-refractivity contribution in [3.05, 3.63) is 48.3 Å². The number of nitrogens with zero attached hydrogens (tertiary/aromatic N) is 2. The van der Waals surface area contributed by atoms with E-state index in [4.69, 9.17) is 9.47 Å². The summed E-state index contributed by atoms with van der Waals surface area (Å²) in [6.07, 6.45) is 1.72. The van der Waals surface area contributed by atoms with Crippen LogP contribution in [0.1, 0.15) is 12.5 Å². The second-order valence-corrected chi connectivity index (χ2v) is 6.57. The van der Waals surface area contributed by atoms with Crippen molar-refractivity contribution in [1.82, 2.24) is 15.3 Å². The Labute approximate surface area is 173 Å². The highest BCUT2D eigenvalue weighted by molar-refractivity contribution is 5.93. The van der Waals surface area contributed by atoms with Crippen LogP contribution >= 0.6 is 0 Å². The van der Waals surface area contributed by atoms with Crippen LogP contribution in [0, 0.1) is 0 Å². The zero-order valence-electron chi connectivity index (χ0n) is 16.8. The van der Waals surface area contributed by atoms with Crippen LogP contribution in [-0.2, 0) is 20.7 Å². The average Bonchev–Trinajstić information content (AvgIpc) is 2.73. The first-order valence-electron chi connectivity index (χ1n) is 9.14. The lowest BCUT2D eigenvalue weighted by Crippen LogP contribution is -2.41. The van der Waals surface area contributed by atoms with Gasteiger partial charge in [0.25, 0.3) is 0 Å². The van der Waals surface area contributed by atoms with Gasteiger partial charge >= 0.3 is 5.97 Å². The molecule has 1 amide bonds. The minimum atomic E-state index is -0.755. The number of methoxy groups -OCH3 is 2. The van der Waals surface area contributed by atoms with E-state index in [2.05, 4.69) is 20.6 Å². The molecule has 0 saturated carbocycles. The van der Waals surface area contributed by atoms with Crippen molar-refractivity contribution in [3.8, 4) is 11.5 Å². The number of anilines is 2. The van der Waals surface area contributed by atoms with Crippen molar-refractivity contribution in [2.75, 3.05) is 19.5 Å². The van der Waals surface area contributed by atoms with Crippen LogP contribution < -0.4 is 15.4 Å². The van der Waals surface area contributed by atoms with E-state index in [1.807, 2.05) is 24.3 Å². The third-order valence-corrected chi connectivity index (χ3v) is 4.46. The second-order valence-electron chi connectivity index (χ2n) is 6.57. The Bertz CT molecular complexity index is 1070. The molecule has 1 unspecified atom stereocenters. The van der Waals surface area contributed by atoms with Crippen molar-refractivity contribution in [3.63, 3.8) is 0 Å². The highest BCUT2D eigenvalue weighted by Gasteiger charge is 2.20. The molecule has 0 radical (unpaired) electrons. The number of carbonyl (C=O) groups excluding carboxylic acids is 2. The fraction of sp³-hybridized carbons (Fsp3) is 0.238. The number of benzene rings is 2. The molecule has 0 saturated heterocycles. The Morgan fingerprint density at radius 2 is 1.87 bits per heavy atom. The summed E-state index contributed by atoms with van der Waals surface area (Å²) in [6, 6.07) is 9.75. The highest BCUT2D eigenvalue weighted by Crippen LogP contribution is 2.33. The number of carbonyl (C=O) groups is 2. The summed E-state index contributed by atoms with van der Waals surface area (Å²) < 4.78 is 9.86. The number of hydrogen-bond acceptors (Lipinski definition) is 8. The lowest BCUT2D eigenvalue weighted by molar-refractivity contribution is -0.144. The van der Waals surface area contributed by atoms with E-state index >= 15 is 0 Å². The summed E-state index contributed by atoms with van der Waals surface area (Å²) in [7, 11) is 2.75. The Morgan fingerprint density at radius 3 is 2.50 bits per heavy atom. The number of ether oxygens (including phenoxy) is 2. The smallest absolute Gasteiger partial charge is 0.328 e. The van der Waals surface area contributed by atoms with Gasteiger partial charge in [-0.05, 0) is 23.8 Å². The molecule has 1 atom stereocenters. The number of aromatic nitrogens is 2. The molecule has 30 heavy (non-hydrogen) atoms. The van der Waals surface area contributed by atoms with Crippen LogP contribution in [0.5, 0.6) is 11.5 Å². The van der Waals surface area contributed by atoms with Gasteiger partial charge < -0.3 is 25.2 Å². The molecule has 3 aromatic rings. The van der Waals surface area contributed by atoms with Crippen molar-refractivity contribution in [2.24, 2.45) is 0 Å². The largest absolute Gasteiger partial charge is 0.504 e. The lowest BCUT2D eigenvalue weighted by Gasteiger charge is -2.16. The summed E-state index contributed by atoms with van der Waals surface area (Å²) in [5.41, 5.74) is 2.22. The topological polar surface area (TPSA) is 123 Å². The molecular weight excluding hydrogens is 388 g/mol. The van der Waals surface area contributed by atoms with Crippen LogP contribution in [-0.4, -0.2) is 47.2 Å². The molecule has 0 bridgehead atoms. The predicted octanol–water partition coefficient (Wildman–Crippen LogP) is 2.31. The summed E-state index contributed by atoms with van der Waals surface area (Å²) in [5.74, 6) is 0.0338. The van der Waals surface area contributed by atoms with Crippen LogP contribution in [0.2, 0.25) is 0 Å². The first-order chi connectivity index (χ1) is 14.4. The summed E-state index contributed by atoms with van der Waals surface area (Å²) >= 11 is 0. The molecule has 0 spiro atoms. The zero-order chi connectivity index (χ0) is 21.7. The predicted molar refractivity (Wildman–Crippen MR) is 111 cm³/mol. The number of nitrogens with one attached hydrogen (secondary N) is 2. The lowest BCUT2D eigenvalue weighted by atomic mass is 10.1. The van der Waals surface area contributed by atoms with E-state index in [9.17, 15) is 14.7 Å². The maximum Gasteiger partial charge on any atom is 0.328 e. The first-order valence-corrected chi connectivity index (χ1v) is 9.14. The summed E-state index contributed by atoms with van der Waals surface area (Å²) in [6.45, 7) is 1.35. The minimum absolute atomic E-state index is 0.00924. The molecule has 1 aromatic heterocycles. The van der Waals surface area contributed by atoms with Crippen LogP contribution in [0.4, 0.5) is 11.5 Å². The molecule has 0 fully saturated rings. The van der Waals surface area contributed by atoms with Crippen molar-refractivity contribution >= 4 is 34.3 Å². The standard InChI is InChI=1S/C21H22N4O5/c1-12(26)24-17(21(28)30-3)8-13-4-6-14(7-5-13)25-20-15-9-18(27)19(29-2)10-16(15)22-11-23-20/h4-7,9-11,17,27H,8H2,1-3H3,(H,24,26)(H,22,23,25). The normalized spacial score (nSPS) is 11.6. The van der Waals surface area contributed by atoms with E-state index in [0.29, 0.717) is 28.9 Å². The molecule has 2 aromatic carbocycles. The highest BCUT2D eigenvalue weighted by atomic mass is 16.5. The molecule has 9 nitrogen and oxygen atoms in total. The molecule has 3 N–H and O–H groups in total. The summed E-state index contributed by atoms with van der Waals surface area (Å²) in [4.78, 5) is 31.7. The Morgan fingerprint density at radius 1 is 1.13 bits per heavy atom. The van der Waals surface area contributed by atoms with Gasteiger partial charge in [-0.15, -0.1) is 0 Å². The molecule has 0 aliphatic carbocycles. The van der Waals surface area contributed by atoms with Gasteiger partial charge in [0.2, 0.25) is 5.91 Å². The molecule has 0 aliphatic rings. The van der Waals surface area contributed by atoms with E-state index in [-0.39, 0.29) is 11.7 Å². The minimum Gasteiger partial charge on any atom is -0.504 e. The van der Waals surface area contributed by atoms with Gasteiger partial charge in [-0.2, -0.15) is 0 Å². The van der Waals surface area contributed by atoms with Gasteiger partial charge in [0, 0.05) is 30.5 Å². The Hall–Kier alpha value is -3.88. The van der Waals surface area contributed by atoms with Gasteiger partial charge in [-0.3, -0.25) is 4.79 Å². The third-order valence-electron chi connectivity index (χ3n) is 4.46. The zero-order valence-corrected chi connectivity index (χ0v) is 16.8. The maximum atomic E-state index is 11.9. The quantitative estimate of drug-likeness (QED) is 0.507. The van der Waals surface area contributed by atoms with E-state index in [0.717, 1.165) is 11.3 Å². The number of hydrogen-bond donors (Lipinski definition) is 3. The molecular formula is C21H22N4O5. The fourth-order valence-electron chi connectivity index (χ4n) is 3.01. The third kappa shape index (κ3) is 4.75. The Balaban J connectivity index is 1.79. The monoisotopic (exact) mass is 410 g/mol. The van der Waals surface area contributed by atoms with Crippen LogP contribution in [0.3, 0.4) is 0 Å². The van der Waals surface area contributed by atoms with Crippen LogP contribution in [0.15, 0.2) is 42.7 Å². The van der Waals surface area contributed by atoms with E-state index in [1.165, 1.54) is 27.5 Å². The molecule has 156 valence electrons. The number of amides is 1. The van der Waals surface area contributed by atoms with E-state index in [1.54, 1.807) is 12.1 Å². The maximum absolute atomic E-state index is 11.9. The average molecular weight is 410 g/mol. The van der Waals surface area contributed by atoms with Gasteiger partial charge in [0.1, 0.15) is 18.2 Å². The number of fused-ring (bicyclic) bond motifs is 1. The number of phenols is 1. The van der Waals surface area contributed by atoms with Crippen molar-refractivity contribution in [1.29, 1.82) is 0 Å². The fourth-order valence-corrected chi connectivity index (χ4v) is 3.01. The number of rotatable bonds is 7. The van der Waals surface area contributed by atoms with Gasteiger partial charge in [-0.1, -0.05) is 12.1 Å². The number of aromatic hydroxyl groups is 1. The van der Waals surface area contributed by atoms with Crippen molar-refractivity contribution in [2.45, 2.75) is 19.4 Å². The van der Waals surface area contributed by atoms with Gasteiger partial charge in [-0.25, -0.2) is 14.8 Å². The Kier molecular flexibility index (Phi) is 6.31. The van der Waals surface area contributed by atoms with Gasteiger partial charge in [0.15, 0.2) is 11.5 Å². The first kappa shape index (κ1) is 20.8. The molecule has 0 aliphatic heterocycles. The van der Waals surface area contributed by atoms with Crippen LogP contribution in [0.25, 0.3) is 10.9 Å². The molecule has 3 rings (SSSR count). The summed E-state index contributed by atoms with van der Waals surface area (Å²) in [5, 5.41) is 16.5.